The van der Waals surface area contributed by atoms with Gasteiger partial charge in [-0.3, -0.25) is 9.59 Å². The largest absolute Gasteiger partial charge is 0.619 e. The van der Waals surface area contributed by atoms with E-state index in [0.29, 0.717) is 24.5 Å². The van der Waals surface area contributed by atoms with Gasteiger partial charge in [0.15, 0.2) is 12.4 Å². The Morgan fingerprint density at radius 2 is 2.30 bits per heavy atom. The highest BCUT2D eigenvalue weighted by Gasteiger charge is 2.49. The van der Waals surface area contributed by atoms with Crippen LogP contribution in [0.2, 0.25) is 0 Å². The molecular weight excluding hydrogens is 350 g/mol. The Balaban J connectivity index is 1.52. The molecule has 2 aliphatic rings. The molecule has 0 aromatic carbocycles. The van der Waals surface area contributed by atoms with Crippen LogP contribution in [0.15, 0.2) is 24.5 Å². The molecule has 1 N–H and O–H groups in total. The summed E-state index contributed by atoms with van der Waals surface area (Å²) in [4.78, 5) is 26.7. The number of morpholine rings is 1. The van der Waals surface area contributed by atoms with Crippen molar-refractivity contribution >= 4 is 11.8 Å². The quantitative estimate of drug-likeness (QED) is 0.552. The monoisotopic (exact) mass is 377 g/mol. The molecule has 0 radical (unpaired) electrons. The highest BCUT2D eigenvalue weighted by atomic mass is 16.5. The summed E-state index contributed by atoms with van der Waals surface area (Å²) in [6.07, 6.45) is 5.63. The molecule has 1 saturated heterocycles. The van der Waals surface area contributed by atoms with E-state index in [2.05, 4.69) is 5.32 Å². The first-order valence-corrected chi connectivity index (χ1v) is 9.46. The average Bonchev–Trinajstić information content (AvgIpc) is 2.63. The lowest BCUT2D eigenvalue weighted by atomic mass is 9.74. The highest BCUT2D eigenvalue weighted by Crippen LogP contribution is 2.41. The Morgan fingerprint density at radius 3 is 2.96 bits per heavy atom. The molecule has 2 heterocycles. The molecule has 0 bridgehead atoms. The Kier molecular flexibility index (Phi) is 6.28. The van der Waals surface area contributed by atoms with Gasteiger partial charge >= 0.3 is 0 Å². The first kappa shape index (κ1) is 19.6. The van der Waals surface area contributed by atoms with Crippen LogP contribution >= 0.6 is 0 Å². The summed E-state index contributed by atoms with van der Waals surface area (Å²) in [6.45, 7) is 3.59. The predicted octanol–water partition coefficient (Wildman–Crippen LogP) is 0.513. The second-order valence-electron chi connectivity index (χ2n) is 7.21. The number of amides is 2. The number of carbonyl (C=O) groups is 2. The summed E-state index contributed by atoms with van der Waals surface area (Å²) >= 11 is 0. The van der Waals surface area contributed by atoms with E-state index in [1.54, 1.807) is 12.1 Å². The number of nitrogens with zero attached hydrogens (tertiary/aromatic N) is 2. The van der Waals surface area contributed by atoms with E-state index >= 15 is 0 Å². The van der Waals surface area contributed by atoms with Crippen molar-refractivity contribution in [2.45, 2.75) is 50.8 Å². The molecule has 1 aromatic rings. The number of pyridine rings is 1. The maximum Gasteiger partial charge on any atom is 0.249 e. The van der Waals surface area contributed by atoms with E-state index < -0.39 is 0 Å². The van der Waals surface area contributed by atoms with E-state index in [-0.39, 0.29) is 43.0 Å². The van der Waals surface area contributed by atoms with Crippen molar-refractivity contribution in [2.75, 3.05) is 26.4 Å². The number of ether oxygens (including phenoxy) is 2. The Morgan fingerprint density at radius 1 is 1.48 bits per heavy atom. The zero-order valence-corrected chi connectivity index (χ0v) is 15.7. The molecular formula is C19H27N3O5. The number of rotatable bonds is 7. The SMILES string of the molecule is CCOCC(=O)N1CC(CC(=O)NCc2ccc[n+]([O-])c2)OCC12CCC2. The van der Waals surface area contributed by atoms with Crippen LogP contribution in [-0.4, -0.2) is 54.7 Å². The van der Waals surface area contributed by atoms with Gasteiger partial charge in [0.1, 0.15) is 6.61 Å². The molecule has 148 valence electrons. The van der Waals surface area contributed by atoms with Gasteiger partial charge in [-0.1, -0.05) is 0 Å². The van der Waals surface area contributed by atoms with Gasteiger partial charge in [-0.15, -0.1) is 0 Å². The Bertz CT molecular complexity index is 677. The second kappa shape index (κ2) is 8.67. The summed E-state index contributed by atoms with van der Waals surface area (Å²) in [5.41, 5.74) is 0.514. The molecule has 27 heavy (non-hydrogen) atoms. The zero-order chi connectivity index (χ0) is 19.3. The molecule has 1 aromatic heterocycles. The molecule has 3 rings (SSSR count). The van der Waals surface area contributed by atoms with Crippen molar-refractivity contribution < 1.29 is 23.8 Å². The van der Waals surface area contributed by atoms with E-state index in [0.717, 1.165) is 24.8 Å². The summed E-state index contributed by atoms with van der Waals surface area (Å²) in [7, 11) is 0. The molecule has 1 aliphatic heterocycles. The summed E-state index contributed by atoms with van der Waals surface area (Å²) in [5.74, 6) is -0.197. The normalized spacial score (nSPS) is 20.9. The number of hydrogen-bond acceptors (Lipinski definition) is 5. The molecule has 1 saturated carbocycles. The fourth-order valence-corrected chi connectivity index (χ4v) is 3.64. The van der Waals surface area contributed by atoms with Gasteiger partial charge in [0, 0.05) is 31.3 Å². The van der Waals surface area contributed by atoms with Crippen LogP contribution in [0.1, 0.15) is 38.2 Å². The standard InChI is InChI=1S/C19H27N3O5/c1-2-26-13-18(24)22-12-16(27-14-19(22)6-4-7-19)9-17(23)20-10-15-5-3-8-21(25)11-15/h3,5,8,11,16H,2,4,6-7,9-10,12-14H2,1H3,(H,20,23). The Hall–Kier alpha value is -2.19. The van der Waals surface area contributed by atoms with Crippen LogP contribution in [0.5, 0.6) is 0 Å². The van der Waals surface area contributed by atoms with Crippen molar-refractivity contribution in [3.8, 4) is 0 Å². The van der Waals surface area contributed by atoms with Gasteiger partial charge < -0.3 is 24.9 Å². The predicted molar refractivity (Wildman–Crippen MR) is 96.4 cm³/mol. The van der Waals surface area contributed by atoms with Gasteiger partial charge in [0.05, 0.1) is 24.7 Å². The van der Waals surface area contributed by atoms with Crippen LogP contribution < -0.4 is 10.0 Å². The molecule has 2 amide bonds. The number of nitrogens with one attached hydrogen (secondary N) is 1. The molecule has 1 unspecified atom stereocenters. The number of aromatic nitrogens is 1. The van der Waals surface area contributed by atoms with E-state index in [4.69, 9.17) is 9.47 Å². The minimum absolute atomic E-state index is 0.0328. The summed E-state index contributed by atoms with van der Waals surface area (Å²) in [5, 5.41) is 14.1. The third-order valence-corrected chi connectivity index (χ3v) is 5.30. The fourth-order valence-electron chi connectivity index (χ4n) is 3.64. The molecule has 1 aliphatic carbocycles. The molecule has 8 heteroatoms. The third kappa shape index (κ3) is 4.75. The minimum Gasteiger partial charge on any atom is -0.619 e. The average molecular weight is 377 g/mol. The lowest BCUT2D eigenvalue weighted by Crippen LogP contribution is -2.65. The first-order valence-electron chi connectivity index (χ1n) is 9.46. The number of carbonyl (C=O) groups excluding carboxylic acids is 2. The molecule has 1 spiro atoms. The van der Waals surface area contributed by atoms with Gasteiger partial charge in [0.2, 0.25) is 11.8 Å². The topological polar surface area (TPSA) is 94.8 Å². The molecule has 1 atom stereocenters. The van der Waals surface area contributed by atoms with Crippen LogP contribution in [0.25, 0.3) is 0 Å². The van der Waals surface area contributed by atoms with Gasteiger partial charge in [-0.2, -0.15) is 4.73 Å². The van der Waals surface area contributed by atoms with Gasteiger partial charge in [-0.25, -0.2) is 0 Å². The lowest BCUT2D eigenvalue weighted by Gasteiger charge is -2.54. The van der Waals surface area contributed by atoms with Crippen LogP contribution in [-0.2, 0) is 25.6 Å². The maximum atomic E-state index is 12.6. The van der Waals surface area contributed by atoms with Crippen molar-refractivity contribution in [3.63, 3.8) is 0 Å². The minimum atomic E-state index is -0.331. The van der Waals surface area contributed by atoms with E-state index in [1.807, 2.05) is 11.8 Å². The van der Waals surface area contributed by atoms with Gasteiger partial charge in [0.25, 0.3) is 0 Å². The Labute approximate surface area is 159 Å². The second-order valence-corrected chi connectivity index (χ2v) is 7.21. The first-order chi connectivity index (χ1) is 13.0. The van der Waals surface area contributed by atoms with Crippen molar-refractivity contribution in [2.24, 2.45) is 0 Å². The van der Waals surface area contributed by atoms with E-state index in [1.165, 1.54) is 12.4 Å². The highest BCUT2D eigenvalue weighted by molar-refractivity contribution is 5.79. The van der Waals surface area contributed by atoms with Crippen LogP contribution in [0, 0.1) is 5.21 Å². The molecule has 2 fully saturated rings. The fraction of sp³-hybridized carbons (Fsp3) is 0.632. The lowest BCUT2D eigenvalue weighted by molar-refractivity contribution is -0.605. The molecule has 8 nitrogen and oxygen atoms in total. The smallest absolute Gasteiger partial charge is 0.249 e. The summed E-state index contributed by atoms with van der Waals surface area (Å²) < 4.78 is 11.9. The van der Waals surface area contributed by atoms with Crippen LogP contribution in [0.4, 0.5) is 0 Å². The third-order valence-electron chi connectivity index (χ3n) is 5.30. The zero-order valence-electron chi connectivity index (χ0n) is 15.7. The van der Waals surface area contributed by atoms with E-state index in [9.17, 15) is 14.8 Å². The summed E-state index contributed by atoms with van der Waals surface area (Å²) in [6, 6.07) is 3.42. The van der Waals surface area contributed by atoms with Crippen molar-refractivity contribution in [3.05, 3.63) is 35.3 Å². The number of hydrogen-bond donors (Lipinski definition) is 1. The van der Waals surface area contributed by atoms with Crippen LogP contribution in [0.3, 0.4) is 0 Å². The maximum absolute atomic E-state index is 12.6. The van der Waals surface area contributed by atoms with Crippen molar-refractivity contribution in [1.29, 1.82) is 0 Å². The van der Waals surface area contributed by atoms with Gasteiger partial charge in [-0.05, 0) is 32.3 Å². The van der Waals surface area contributed by atoms with Crippen molar-refractivity contribution in [1.82, 2.24) is 10.2 Å².